The van der Waals surface area contributed by atoms with Crippen molar-refractivity contribution >= 4 is 21.8 Å². The molecule has 0 aliphatic heterocycles. The summed E-state index contributed by atoms with van der Waals surface area (Å²) in [4.78, 5) is 12.2. The Morgan fingerprint density at radius 1 is 1.35 bits per heavy atom. The van der Waals surface area contributed by atoms with E-state index in [9.17, 15) is 9.18 Å². The molecular formula is C17H14BrFN2O2. The maximum absolute atomic E-state index is 14.0. The summed E-state index contributed by atoms with van der Waals surface area (Å²) in [5.41, 5.74) is 1.56. The van der Waals surface area contributed by atoms with E-state index in [2.05, 4.69) is 21.2 Å². The van der Waals surface area contributed by atoms with Crippen LogP contribution in [0, 0.1) is 17.1 Å². The highest BCUT2D eigenvalue weighted by atomic mass is 79.9. The van der Waals surface area contributed by atoms with Crippen molar-refractivity contribution in [3.63, 3.8) is 0 Å². The highest BCUT2D eigenvalue weighted by molar-refractivity contribution is 9.10. The van der Waals surface area contributed by atoms with Gasteiger partial charge in [-0.15, -0.1) is 0 Å². The predicted molar refractivity (Wildman–Crippen MR) is 86.9 cm³/mol. The standard InChI is InChI=1S/C17H14BrFN2O2/c1-23-16(14-7-6-13(18)8-15(14)19)17(22)21-10-12-4-2-11(9-20)3-5-12/h2-8,16H,10H2,1H3,(H,21,22). The van der Waals surface area contributed by atoms with Gasteiger partial charge in [0.05, 0.1) is 11.6 Å². The molecule has 4 nitrogen and oxygen atoms in total. The average molecular weight is 377 g/mol. The first-order chi connectivity index (χ1) is 11.0. The van der Waals surface area contributed by atoms with Gasteiger partial charge < -0.3 is 10.1 Å². The van der Waals surface area contributed by atoms with E-state index in [1.165, 1.54) is 19.2 Å². The van der Waals surface area contributed by atoms with Crippen LogP contribution in [-0.2, 0) is 16.1 Å². The fourth-order valence-corrected chi connectivity index (χ4v) is 2.40. The number of benzene rings is 2. The van der Waals surface area contributed by atoms with Crippen LogP contribution in [0.2, 0.25) is 0 Å². The number of methoxy groups -OCH3 is 1. The molecule has 1 atom stereocenters. The molecule has 118 valence electrons. The van der Waals surface area contributed by atoms with Crippen LogP contribution < -0.4 is 5.32 Å². The summed E-state index contributed by atoms with van der Waals surface area (Å²) in [6.07, 6.45) is -1.03. The van der Waals surface area contributed by atoms with Crippen molar-refractivity contribution in [2.75, 3.05) is 7.11 Å². The van der Waals surface area contributed by atoms with E-state index in [1.807, 2.05) is 6.07 Å². The average Bonchev–Trinajstić information content (AvgIpc) is 2.56. The number of carbonyl (C=O) groups excluding carboxylic acids is 1. The molecule has 0 spiro atoms. The Morgan fingerprint density at radius 2 is 2.04 bits per heavy atom. The van der Waals surface area contributed by atoms with Crippen molar-refractivity contribution in [2.45, 2.75) is 12.6 Å². The molecular weight excluding hydrogens is 363 g/mol. The zero-order valence-electron chi connectivity index (χ0n) is 12.3. The Morgan fingerprint density at radius 3 is 2.61 bits per heavy atom. The molecule has 1 amide bonds. The van der Waals surface area contributed by atoms with Crippen LogP contribution in [0.4, 0.5) is 4.39 Å². The number of hydrogen-bond donors (Lipinski definition) is 1. The van der Waals surface area contributed by atoms with Crippen LogP contribution in [0.3, 0.4) is 0 Å². The second kappa shape index (κ2) is 7.86. The first kappa shape index (κ1) is 17.1. The van der Waals surface area contributed by atoms with Gasteiger partial charge in [-0.3, -0.25) is 4.79 Å². The molecule has 1 unspecified atom stereocenters. The van der Waals surface area contributed by atoms with Gasteiger partial charge in [0.15, 0.2) is 6.10 Å². The molecule has 2 aromatic carbocycles. The van der Waals surface area contributed by atoms with E-state index in [0.29, 0.717) is 10.0 Å². The number of nitrogens with zero attached hydrogens (tertiary/aromatic N) is 1. The third-order valence-corrected chi connectivity index (χ3v) is 3.76. The number of amides is 1. The maximum atomic E-state index is 14.0. The molecule has 23 heavy (non-hydrogen) atoms. The zero-order chi connectivity index (χ0) is 16.8. The van der Waals surface area contributed by atoms with Gasteiger partial charge >= 0.3 is 0 Å². The molecule has 0 saturated heterocycles. The first-order valence-corrected chi connectivity index (χ1v) is 7.59. The van der Waals surface area contributed by atoms with Gasteiger partial charge in [-0.2, -0.15) is 5.26 Å². The number of carbonyl (C=O) groups is 1. The third-order valence-electron chi connectivity index (χ3n) is 3.27. The monoisotopic (exact) mass is 376 g/mol. The molecule has 2 rings (SSSR count). The number of halogens is 2. The maximum Gasteiger partial charge on any atom is 0.254 e. The van der Waals surface area contributed by atoms with Gasteiger partial charge in [-0.25, -0.2) is 4.39 Å². The number of rotatable bonds is 5. The predicted octanol–water partition coefficient (Wildman–Crippen LogP) is 3.46. The Hall–Kier alpha value is -2.23. The number of hydrogen-bond acceptors (Lipinski definition) is 3. The lowest BCUT2D eigenvalue weighted by Gasteiger charge is -2.16. The molecule has 0 aliphatic carbocycles. The van der Waals surface area contributed by atoms with E-state index in [-0.39, 0.29) is 12.1 Å². The smallest absolute Gasteiger partial charge is 0.254 e. The van der Waals surface area contributed by atoms with Gasteiger partial charge in [0.1, 0.15) is 5.82 Å². The van der Waals surface area contributed by atoms with Crippen molar-refractivity contribution < 1.29 is 13.9 Å². The Labute approximate surface area is 142 Å². The van der Waals surface area contributed by atoms with Gasteiger partial charge in [0.25, 0.3) is 5.91 Å². The SMILES string of the molecule is COC(C(=O)NCc1ccc(C#N)cc1)c1ccc(Br)cc1F. The minimum Gasteiger partial charge on any atom is -0.367 e. The number of ether oxygens (including phenoxy) is 1. The normalized spacial score (nSPS) is 11.6. The number of nitriles is 1. The number of nitrogens with one attached hydrogen (secondary N) is 1. The molecule has 2 aromatic rings. The van der Waals surface area contributed by atoms with Gasteiger partial charge in [0, 0.05) is 23.7 Å². The van der Waals surface area contributed by atoms with Crippen LogP contribution in [0.1, 0.15) is 22.8 Å². The van der Waals surface area contributed by atoms with E-state index in [1.54, 1.807) is 30.3 Å². The zero-order valence-corrected chi connectivity index (χ0v) is 13.9. The molecule has 1 N–H and O–H groups in total. The molecule has 0 bridgehead atoms. The van der Waals surface area contributed by atoms with E-state index >= 15 is 0 Å². The van der Waals surface area contributed by atoms with Crippen LogP contribution in [0.25, 0.3) is 0 Å². The highest BCUT2D eigenvalue weighted by Crippen LogP contribution is 2.23. The Balaban J connectivity index is 2.06. The van der Waals surface area contributed by atoms with E-state index in [4.69, 9.17) is 10.00 Å². The third kappa shape index (κ3) is 4.38. The summed E-state index contributed by atoms with van der Waals surface area (Å²) >= 11 is 3.17. The molecule has 6 heteroatoms. The van der Waals surface area contributed by atoms with Gasteiger partial charge in [0.2, 0.25) is 0 Å². The Kier molecular flexibility index (Phi) is 5.85. The van der Waals surface area contributed by atoms with Crippen molar-refractivity contribution in [1.82, 2.24) is 5.32 Å². The van der Waals surface area contributed by atoms with Crippen LogP contribution in [0.5, 0.6) is 0 Å². The lowest BCUT2D eigenvalue weighted by Crippen LogP contribution is -2.30. The second-order valence-corrected chi connectivity index (χ2v) is 5.72. The fourth-order valence-electron chi connectivity index (χ4n) is 2.07. The fraction of sp³-hybridized carbons (Fsp3) is 0.176. The lowest BCUT2D eigenvalue weighted by atomic mass is 10.1. The van der Waals surface area contributed by atoms with E-state index < -0.39 is 17.8 Å². The summed E-state index contributed by atoms with van der Waals surface area (Å²) in [7, 11) is 1.35. The lowest BCUT2D eigenvalue weighted by molar-refractivity contribution is -0.131. The topological polar surface area (TPSA) is 62.1 Å². The molecule has 0 aromatic heterocycles. The highest BCUT2D eigenvalue weighted by Gasteiger charge is 2.23. The minimum atomic E-state index is -1.03. The quantitative estimate of drug-likeness (QED) is 0.868. The van der Waals surface area contributed by atoms with Crippen molar-refractivity contribution in [1.29, 1.82) is 5.26 Å². The van der Waals surface area contributed by atoms with Crippen LogP contribution >= 0.6 is 15.9 Å². The Bertz CT molecular complexity index is 741. The molecule has 0 saturated carbocycles. The molecule has 0 radical (unpaired) electrons. The van der Waals surface area contributed by atoms with Crippen LogP contribution in [-0.4, -0.2) is 13.0 Å². The summed E-state index contributed by atoms with van der Waals surface area (Å²) < 4.78 is 19.7. The summed E-state index contributed by atoms with van der Waals surface area (Å²) in [5.74, 6) is -0.946. The van der Waals surface area contributed by atoms with Gasteiger partial charge in [-0.05, 0) is 29.8 Å². The largest absolute Gasteiger partial charge is 0.367 e. The van der Waals surface area contributed by atoms with Crippen molar-refractivity contribution in [3.8, 4) is 6.07 Å². The molecule has 0 fully saturated rings. The van der Waals surface area contributed by atoms with E-state index in [0.717, 1.165) is 5.56 Å². The molecule has 0 aliphatic rings. The van der Waals surface area contributed by atoms with Crippen molar-refractivity contribution in [3.05, 3.63) is 69.4 Å². The summed E-state index contributed by atoms with van der Waals surface area (Å²) in [6.45, 7) is 0.266. The van der Waals surface area contributed by atoms with Crippen LogP contribution in [0.15, 0.2) is 46.9 Å². The first-order valence-electron chi connectivity index (χ1n) is 6.79. The van der Waals surface area contributed by atoms with Crippen molar-refractivity contribution in [2.24, 2.45) is 0 Å². The van der Waals surface area contributed by atoms with Gasteiger partial charge in [-0.1, -0.05) is 34.1 Å². The molecule has 0 heterocycles. The summed E-state index contributed by atoms with van der Waals surface area (Å²) in [6, 6.07) is 13.3. The second-order valence-electron chi connectivity index (χ2n) is 4.81. The minimum absolute atomic E-state index is 0.174. The summed E-state index contributed by atoms with van der Waals surface area (Å²) in [5, 5.41) is 11.5.